The van der Waals surface area contributed by atoms with Crippen molar-refractivity contribution in [3.63, 3.8) is 0 Å². The van der Waals surface area contributed by atoms with Crippen molar-refractivity contribution in [3.05, 3.63) is 16.6 Å². The molecule has 0 radical (unpaired) electrons. The molecule has 0 fully saturated rings. The molecule has 1 unspecified atom stereocenters. The molecule has 1 atom stereocenters. The number of aliphatic hydroxyl groups excluding tert-OH is 1. The zero-order valence-electron chi connectivity index (χ0n) is 7.86. The van der Waals surface area contributed by atoms with Crippen molar-refractivity contribution in [2.75, 3.05) is 13.2 Å². The standard InChI is InChI=1S/C9H16N2OS/c1-2-9(5-10,6-12)3-8-4-11-7-13-8/h4,7,12H,2-3,5-6,10H2,1H3. The zero-order chi connectivity index (χ0) is 9.73. The van der Waals surface area contributed by atoms with Crippen molar-refractivity contribution in [1.29, 1.82) is 0 Å². The molecule has 0 saturated heterocycles. The Morgan fingerprint density at radius 1 is 1.69 bits per heavy atom. The van der Waals surface area contributed by atoms with Gasteiger partial charge >= 0.3 is 0 Å². The zero-order valence-corrected chi connectivity index (χ0v) is 8.68. The molecule has 0 saturated carbocycles. The molecule has 1 aromatic rings. The summed E-state index contributed by atoms with van der Waals surface area (Å²) in [4.78, 5) is 5.20. The van der Waals surface area contributed by atoms with Crippen LogP contribution in [0.15, 0.2) is 11.7 Å². The van der Waals surface area contributed by atoms with Crippen LogP contribution in [0.3, 0.4) is 0 Å². The molecule has 0 amide bonds. The lowest BCUT2D eigenvalue weighted by Crippen LogP contribution is -2.35. The van der Waals surface area contributed by atoms with E-state index >= 15 is 0 Å². The van der Waals surface area contributed by atoms with E-state index in [-0.39, 0.29) is 12.0 Å². The van der Waals surface area contributed by atoms with Crippen LogP contribution in [0.5, 0.6) is 0 Å². The number of aliphatic hydroxyl groups is 1. The SMILES string of the molecule is CCC(CN)(CO)Cc1cncs1. The molecule has 0 aliphatic rings. The summed E-state index contributed by atoms with van der Waals surface area (Å²) in [5.41, 5.74) is 7.33. The third-order valence-electron chi connectivity index (χ3n) is 2.55. The topological polar surface area (TPSA) is 59.1 Å². The summed E-state index contributed by atoms with van der Waals surface area (Å²) in [6, 6.07) is 0. The molecule has 1 heterocycles. The highest BCUT2D eigenvalue weighted by Crippen LogP contribution is 2.26. The minimum absolute atomic E-state index is 0.146. The Morgan fingerprint density at radius 2 is 2.46 bits per heavy atom. The molecule has 1 rings (SSSR count). The van der Waals surface area contributed by atoms with Crippen molar-refractivity contribution >= 4 is 11.3 Å². The van der Waals surface area contributed by atoms with Gasteiger partial charge in [-0.1, -0.05) is 6.92 Å². The second-order valence-corrected chi connectivity index (χ2v) is 4.33. The predicted octanol–water partition coefficient (Wildman–Crippen LogP) is 1.03. The summed E-state index contributed by atoms with van der Waals surface area (Å²) in [6.07, 6.45) is 3.58. The van der Waals surface area contributed by atoms with Crippen LogP contribution in [-0.4, -0.2) is 23.2 Å². The minimum Gasteiger partial charge on any atom is -0.396 e. The quantitative estimate of drug-likeness (QED) is 0.746. The predicted molar refractivity (Wildman–Crippen MR) is 54.7 cm³/mol. The second kappa shape index (κ2) is 4.69. The Hall–Kier alpha value is -0.450. The fraction of sp³-hybridized carbons (Fsp3) is 0.667. The van der Waals surface area contributed by atoms with E-state index in [9.17, 15) is 5.11 Å². The molecule has 3 N–H and O–H groups in total. The van der Waals surface area contributed by atoms with Gasteiger partial charge in [-0.3, -0.25) is 4.98 Å². The maximum absolute atomic E-state index is 9.28. The Kier molecular flexibility index (Phi) is 3.84. The maximum atomic E-state index is 9.28. The van der Waals surface area contributed by atoms with E-state index in [1.165, 1.54) is 4.88 Å². The highest BCUT2D eigenvalue weighted by Gasteiger charge is 2.26. The lowest BCUT2D eigenvalue weighted by Gasteiger charge is -2.28. The molecular formula is C9H16N2OS. The van der Waals surface area contributed by atoms with E-state index in [0.29, 0.717) is 6.54 Å². The largest absolute Gasteiger partial charge is 0.396 e. The van der Waals surface area contributed by atoms with Gasteiger partial charge in [-0.2, -0.15) is 0 Å². The van der Waals surface area contributed by atoms with Crippen LogP contribution in [-0.2, 0) is 6.42 Å². The fourth-order valence-electron chi connectivity index (χ4n) is 1.27. The summed E-state index contributed by atoms with van der Waals surface area (Å²) in [7, 11) is 0. The van der Waals surface area contributed by atoms with Crippen molar-refractivity contribution in [1.82, 2.24) is 4.98 Å². The van der Waals surface area contributed by atoms with Crippen LogP contribution in [0.2, 0.25) is 0 Å². The van der Waals surface area contributed by atoms with Crippen molar-refractivity contribution in [3.8, 4) is 0 Å². The lowest BCUT2D eigenvalue weighted by molar-refractivity contribution is 0.128. The van der Waals surface area contributed by atoms with Gasteiger partial charge in [0.05, 0.1) is 12.1 Å². The number of nitrogens with two attached hydrogens (primary N) is 1. The number of thiazole rings is 1. The fourth-order valence-corrected chi connectivity index (χ4v) is 2.04. The summed E-state index contributed by atoms with van der Waals surface area (Å²) in [5.74, 6) is 0. The van der Waals surface area contributed by atoms with Gasteiger partial charge in [0.25, 0.3) is 0 Å². The van der Waals surface area contributed by atoms with Gasteiger partial charge in [0.1, 0.15) is 0 Å². The third kappa shape index (κ3) is 2.49. The van der Waals surface area contributed by atoms with Crippen molar-refractivity contribution in [2.45, 2.75) is 19.8 Å². The van der Waals surface area contributed by atoms with Gasteiger partial charge in [-0.05, 0) is 12.8 Å². The molecule has 13 heavy (non-hydrogen) atoms. The van der Waals surface area contributed by atoms with Crippen LogP contribution >= 0.6 is 11.3 Å². The molecule has 0 bridgehead atoms. The smallest absolute Gasteiger partial charge is 0.0794 e. The first-order valence-electron chi connectivity index (χ1n) is 4.44. The first kappa shape index (κ1) is 10.6. The number of hydrogen-bond donors (Lipinski definition) is 2. The number of nitrogens with zero attached hydrogens (tertiary/aromatic N) is 1. The Bertz CT molecular complexity index is 224. The van der Waals surface area contributed by atoms with Crippen LogP contribution < -0.4 is 5.73 Å². The molecule has 0 aromatic carbocycles. The number of rotatable bonds is 5. The normalized spacial score (nSPS) is 15.6. The van der Waals surface area contributed by atoms with Crippen LogP contribution in [0.1, 0.15) is 18.2 Å². The Labute approximate surface area is 82.6 Å². The van der Waals surface area contributed by atoms with Crippen molar-refractivity contribution in [2.24, 2.45) is 11.1 Å². The van der Waals surface area contributed by atoms with E-state index in [0.717, 1.165) is 12.8 Å². The summed E-state index contributed by atoms with van der Waals surface area (Å²) >= 11 is 1.62. The highest BCUT2D eigenvalue weighted by atomic mass is 32.1. The number of aromatic nitrogens is 1. The summed E-state index contributed by atoms with van der Waals surface area (Å²) < 4.78 is 0. The molecule has 0 aliphatic carbocycles. The average Bonchev–Trinajstić information content (AvgIpc) is 2.67. The molecule has 1 aromatic heterocycles. The van der Waals surface area contributed by atoms with Gasteiger partial charge < -0.3 is 10.8 Å². The number of hydrogen-bond acceptors (Lipinski definition) is 4. The van der Waals surface area contributed by atoms with Gasteiger partial charge in [0.15, 0.2) is 0 Å². The maximum Gasteiger partial charge on any atom is 0.0794 e. The third-order valence-corrected chi connectivity index (χ3v) is 3.33. The first-order valence-corrected chi connectivity index (χ1v) is 5.32. The minimum atomic E-state index is -0.146. The van der Waals surface area contributed by atoms with Crippen molar-refractivity contribution < 1.29 is 5.11 Å². The van der Waals surface area contributed by atoms with Gasteiger partial charge in [0.2, 0.25) is 0 Å². The molecular weight excluding hydrogens is 184 g/mol. The van der Waals surface area contributed by atoms with Crippen LogP contribution in [0.4, 0.5) is 0 Å². The second-order valence-electron chi connectivity index (χ2n) is 3.36. The average molecular weight is 200 g/mol. The molecule has 0 spiro atoms. The van der Waals surface area contributed by atoms with E-state index in [1.54, 1.807) is 11.3 Å². The van der Waals surface area contributed by atoms with E-state index in [2.05, 4.69) is 11.9 Å². The molecule has 3 nitrogen and oxygen atoms in total. The van der Waals surface area contributed by atoms with E-state index in [1.807, 2.05) is 11.7 Å². The highest BCUT2D eigenvalue weighted by molar-refractivity contribution is 7.09. The Balaban J connectivity index is 2.67. The summed E-state index contributed by atoms with van der Waals surface area (Å²) in [5, 5.41) is 9.28. The van der Waals surface area contributed by atoms with E-state index in [4.69, 9.17) is 5.73 Å². The Morgan fingerprint density at radius 3 is 2.85 bits per heavy atom. The lowest BCUT2D eigenvalue weighted by atomic mass is 9.82. The molecule has 4 heteroatoms. The van der Waals surface area contributed by atoms with Crippen LogP contribution in [0, 0.1) is 5.41 Å². The monoisotopic (exact) mass is 200 g/mol. The summed E-state index contributed by atoms with van der Waals surface area (Å²) in [6.45, 7) is 2.74. The van der Waals surface area contributed by atoms with E-state index < -0.39 is 0 Å². The van der Waals surface area contributed by atoms with Crippen LogP contribution in [0.25, 0.3) is 0 Å². The molecule has 0 aliphatic heterocycles. The molecule has 74 valence electrons. The van der Waals surface area contributed by atoms with Gasteiger partial charge in [-0.15, -0.1) is 11.3 Å². The van der Waals surface area contributed by atoms with Gasteiger partial charge in [0, 0.05) is 23.0 Å². The first-order chi connectivity index (χ1) is 6.26. The van der Waals surface area contributed by atoms with Gasteiger partial charge in [-0.25, -0.2) is 0 Å².